The molecule has 0 aromatic heterocycles. The Labute approximate surface area is 84.3 Å². The van der Waals surface area contributed by atoms with Crippen LogP contribution in [0.3, 0.4) is 0 Å². The average molecular weight is 185 g/mol. The van der Waals surface area contributed by atoms with Crippen LogP contribution in [0.4, 0.5) is 0 Å². The molecule has 0 rings (SSSR count). The predicted octanol–water partition coefficient (Wildman–Crippen LogP) is 3.45. The second-order valence-electron chi connectivity index (χ2n) is 4.68. The van der Waals surface area contributed by atoms with Crippen LogP contribution in [0.5, 0.6) is 0 Å². The maximum atomic E-state index is 3.52. The van der Waals surface area contributed by atoms with Crippen molar-refractivity contribution >= 4 is 0 Å². The van der Waals surface area contributed by atoms with E-state index in [4.69, 9.17) is 0 Å². The Bertz CT molecular complexity index is 114. The Balaban J connectivity index is 3.88. The van der Waals surface area contributed by atoms with E-state index in [0.29, 0.717) is 5.41 Å². The molecule has 0 aliphatic carbocycles. The van der Waals surface area contributed by atoms with Crippen LogP contribution in [0.2, 0.25) is 0 Å². The molecule has 0 aromatic rings. The largest absolute Gasteiger partial charge is 0.316 e. The molecule has 0 aliphatic rings. The molecule has 0 bridgehead atoms. The van der Waals surface area contributed by atoms with Crippen molar-refractivity contribution in [2.45, 2.75) is 53.9 Å². The first-order valence-electron chi connectivity index (χ1n) is 5.79. The molecule has 0 fully saturated rings. The van der Waals surface area contributed by atoms with Gasteiger partial charge in [-0.25, -0.2) is 0 Å². The third kappa shape index (κ3) is 4.66. The summed E-state index contributed by atoms with van der Waals surface area (Å²) in [6, 6.07) is 0. The summed E-state index contributed by atoms with van der Waals surface area (Å²) in [6.45, 7) is 13.9. The Morgan fingerprint density at radius 3 is 2.00 bits per heavy atom. The van der Waals surface area contributed by atoms with Gasteiger partial charge in [0.1, 0.15) is 0 Å². The molecule has 80 valence electrons. The van der Waals surface area contributed by atoms with E-state index in [0.717, 1.165) is 19.0 Å². The normalized spacial score (nSPS) is 12.5. The van der Waals surface area contributed by atoms with Gasteiger partial charge in [-0.1, -0.05) is 47.5 Å². The second kappa shape index (κ2) is 6.42. The summed E-state index contributed by atoms with van der Waals surface area (Å²) in [6.07, 6.45) is 3.84. The lowest BCUT2D eigenvalue weighted by atomic mass is 9.76. The van der Waals surface area contributed by atoms with E-state index in [9.17, 15) is 0 Å². The van der Waals surface area contributed by atoms with Crippen molar-refractivity contribution in [2.24, 2.45) is 11.3 Å². The zero-order chi connectivity index (χ0) is 10.3. The molecule has 0 aromatic carbocycles. The van der Waals surface area contributed by atoms with E-state index in [1.807, 2.05) is 0 Å². The molecule has 1 nitrogen and oxygen atoms in total. The highest BCUT2D eigenvalue weighted by molar-refractivity contribution is 4.78. The van der Waals surface area contributed by atoms with Crippen molar-refractivity contribution < 1.29 is 0 Å². The molecule has 1 N–H and O–H groups in total. The zero-order valence-corrected chi connectivity index (χ0v) is 10.1. The zero-order valence-electron chi connectivity index (χ0n) is 10.1. The van der Waals surface area contributed by atoms with Crippen molar-refractivity contribution in [3.63, 3.8) is 0 Å². The van der Waals surface area contributed by atoms with Crippen molar-refractivity contribution in [1.82, 2.24) is 5.32 Å². The fourth-order valence-electron chi connectivity index (χ4n) is 2.13. The summed E-state index contributed by atoms with van der Waals surface area (Å²) in [5.41, 5.74) is 0.457. The van der Waals surface area contributed by atoms with Gasteiger partial charge < -0.3 is 5.32 Å². The maximum Gasteiger partial charge on any atom is 0.000516 e. The molecular weight excluding hydrogens is 158 g/mol. The highest BCUT2D eigenvalue weighted by Gasteiger charge is 2.25. The molecule has 0 spiro atoms. The van der Waals surface area contributed by atoms with Crippen molar-refractivity contribution in [2.75, 3.05) is 13.1 Å². The minimum Gasteiger partial charge on any atom is -0.316 e. The van der Waals surface area contributed by atoms with Crippen molar-refractivity contribution in [3.8, 4) is 0 Å². The number of rotatable bonds is 7. The van der Waals surface area contributed by atoms with Gasteiger partial charge in [-0.3, -0.25) is 0 Å². The highest BCUT2D eigenvalue weighted by Crippen LogP contribution is 2.30. The van der Waals surface area contributed by atoms with E-state index in [2.05, 4.69) is 39.9 Å². The van der Waals surface area contributed by atoms with Crippen LogP contribution < -0.4 is 5.32 Å². The molecule has 0 unspecified atom stereocenters. The van der Waals surface area contributed by atoms with E-state index >= 15 is 0 Å². The highest BCUT2D eigenvalue weighted by atomic mass is 14.9. The van der Waals surface area contributed by atoms with E-state index in [1.165, 1.54) is 19.3 Å². The maximum absolute atomic E-state index is 3.52. The molecular formula is C12H27N. The Morgan fingerprint density at radius 2 is 1.62 bits per heavy atom. The molecule has 0 aliphatic heterocycles. The Morgan fingerprint density at radius 1 is 1.08 bits per heavy atom. The van der Waals surface area contributed by atoms with Gasteiger partial charge in [-0.05, 0) is 24.3 Å². The minimum atomic E-state index is 0.457. The fraction of sp³-hybridized carbons (Fsp3) is 1.00. The first-order valence-corrected chi connectivity index (χ1v) is 5.79. The van der Waals surface area contributed by atoms with Crippen LogP contribution in [0.1, 0.15) is 53.9 Å². The van der Waals surface area contributed by atoms with Crippen LogP contribution in [0.15, 0.2) is 0 Å². The molecule has 1 heteroatoms. The standard InChI is InChI=1S/C12H27N/c1-6-9-13-10-12(4,5)11(7-2)8-3/h11,13H,6-10H2,1-5H3. The monoisotopic (exact) mass is 185 g/mol. The summed E-state index contributed by atoms with van der Waals surface area (Å²) in [5, 5.41) is 3.52. The SMILES string of the molecule is CCCNCC(C)(C)C(CC)CC. The topological polar surface area (TPSA) is 12.0 Å². The first-order chi connectivity index (χ1) is 6.08. The van der Waals surface area contributed by atoms with Gasteiger partial charge >= 0.3 is 0 Å². The average Bonchev–Trinajstić information content (AvgIpc) is 2.06. The predicted molar refractivity (Wildman–Crippen MR) is 61.0 cm³/mol. The van der Waals surface area contributed by atoms with Crippen LogP contribution in [0, 0.1) is 11.3 Å². The van der Waals surface area contributed by atoms with Gasteiger partial charge in [0, 0.05) is 6.54 Å². The lowest BCUT2D eigenvalue weighted by Crippen LogP contribution is -2.35. The second-order valence-corrected chi connectivity index (χ2v) is 4.68. The molecule has 13 heavy (non-hydrogen) atoms. The third-order valence-corrected chi connectivity index (χ3v) is 3.10. The minimum absolute atomic E-state index is 0.457. The molecule has 0 saturated heterocycles. The molecule has 0 amide bonds. The van der Waals surface area contributed by atoms with E-state index in [1.54, 1.807) is 0 Å². The summed E-state index contributed by atoms with van der Waals surface area (Å²) in [5.74, 6) is 0.858. The van der Waals surface area contributed by atoms with Crippen LogP contribution >= 0.6 is 0 Å². The van der Waals surface area contributed by atoms with Crippen LogP contribution in [-0.4, -0.2) is 13.1 Å². The third-order valence-electron chi connectivity index (χ3n) is 3.10. The van der Waals surface area contributed by atoms with Crippen molar-refractivity contribution in [1.29, 1.82) is 0 Å². The first kappa shape index (κ1) is 13.0. The summed E-state index contributed by atoms with van der Waals surface area (Å²) in [7, 11) is 0. The Kier molecular flexibility index (Phi) is 6.40. The number of hydrogen-bond acceptors (Lipinski definition) is 1. The van der Waals surface area contributed by atoms with Gasteiger partial charge in [0.25, 0.3) is 0 Å². The van der Waals surface area contributed by atoms with Gasteiger partial charge in [0.15, 0.2) is 0 Å². The van der Waals surface area contributed by atoms with Crippen molar-refractivity contribution in [3.05, 3.63) is 0 Å². The summed E-state index contributed by atoms with van der Waals surface area (Å²) >= 11 is 0. The lowest BCUT2D eigenvalue weighted by molar-refractivity contribution is 0.192. The van der Waals surface area contributed by atoms with E-state index < -0.39 is 0 Å². The smallest absolute Gasteiger partial charge is 0.000516 e. The summed E-state index contributed by atoms with van der Waals surface area (Å²) < 4.78 is 0. The van der Waals surface area contributed by atoms with Gasteiger partial charge in [0.2, 0.25) is 0 Å². The van der Waals surface area contributed by atoms with Gasteiger partial charge in [0.05, 0.1) is 0 Å². The number of nitrogens with one attached hydrogen (secondary N) is 1. The van der Waals surface area contributed by atoms with Crippen LogP contribution in [-0.2, 0) is 0 Å². The van der Waals surface area contributed by atoms with Crippen LogP contribution in [0.25, 0.3) is 0 Å². The fourth-order valence-corrected chi connectivity index (χ4v) is 2.13. The quantitative estimate of drug-likeness (QED) is 0.599. The molecule has 0 saturated carbocycles. The van der Waals surface area contributed by atoms with E-state index in [-0.39, 0.29) is 0 Å². The van der Waals surface area contributed by atoms with Gasteiger partial charge in [-0.2, -0.15) is 0 Å². The van der Waals surface area contributed by atoms with Gasteiger partial charge in [-0.15, -0.1) is 0 Å². The molecule has 0 radical (unpaired) electrons. The Hall–Kier alpha value is -0.0400. The molecule has 0 heterocycles. The lowest BCUT2D eigenvalue weighted by Gasteiger charge is -2.33. The molecule has 0 atom stereocenters. The number of hydrogen-bond donors (Lipinski definition) is 1. The summed E-state index contributed by atoms with van der Waals surface area (Å²) in [4.78, 5) is 0.